The quantitative estimate of drug-likeness (QED) is 0.905. The smallest absolute Gasteiger partial charge is 0.269 e. The first-order valence-corrected chi connectivity index (χ1v) is 8.75. The summed E-state index contributed by atoms with van der Waals surface area (Å²) in [5, 5.41) is 10.4. The van der Waals surface area contributed by atoms with Gasteiger partial charge in [-0.05, 0) is 49.3 Å². The lowest BCUT2D eigenvalue weighted by atomic mass is 9.97. The molecule has 4 rings (SSSR count). The number of hydrogen-bond acceptors (Lipinski definition) is 3. The van der Waals surface area contributed by atoms with E-state index in [1.165, 1.54) is 25.7 Å². The molecule has 2 aromatic rings. The standard InChI is InChI=1S/C19H23N3O2/c1-24-14-6-2-5-13(10-14)17-11-18(22-21-17)19(23)20-16-9-8-12-4-3-7-15(12)16/h2,5-6,10-12,15-16H,3-4,7-9H2,1H3,(H,20,23)(H,21,22)/t12-,15-,16-/m0/s1. The molecule has 1 aromatic heterocycles. The zero-order valence-corrected chi connectivity index (χ0v) is 13.9. The molecule has 2 aliphatic carbocycles. The second-order valence-corrected chi connectivity index (χ2v) is 6.91. The molecule has 0 radical (unpaired) electrons. The van der Waals surface area contributed by atoms with Crippen molar-refractivity contribution in [3.8, 4) is 17.0 Å². The van der Waals surface area contributed by atoms with Crippen LogP contribution in [0.2, 0.25) is 0 Å². The summed E-state index contributed by atoms with van der Waals surface area (Å²) in [7, 11) is 1.64. The Morgan fingerprint density at radius 1 is 1.25 bits per heavy atom. The fourth-order valence-corrected chi connectivity index (χ4v) is 4.36. The number of aromatic amines is 1. The second-order valence-electron chi connectivity index (χ2n) is 6.91. The molecule has 2 aliphatic rings. The van der Waals surface area contributed by atoms with Gasteiger partial charge in [-0.15, -0.1) is 0 Å². The van der Waals surface area contributed by atoms with Crippen molar-refractivity contribution in [2.75, 3.05) is 7.11 Å². The average molecular weight is 325 g/mol. The molecule has 2 fully saturated rings. The number of hydrogen-bond donors (Lipinski definition) is 2. The molecule has 2 saturated carbocycles. The maximum Gasteiger partial charge on any atom is 0.269 e. The van der Waals surface area contributed by atoms with Gasteiger partial charge >= 0.3 is 0 Å². The Labute approximate surface area is 141 Å². The van der Waals surface area contributed by atoms with E-state index in [0.717, 1.165) is 29.3 Å². The van der Waals surface area contributed by atoms with Gasteiger partial charge in [0, 0.05) is 11.6 Å². The van der Waals surface area contributed by atoms with E-state index in [4.69, 9.17) is 4.74 Å². The van der Waals surface area contributed by atoms with Crippen LogP contribution in [0, 0.1) is 11.8 Å². The van der Waals surface area contributed by atoms with Crippen LogP contribution in [-0.2, 0) is 0 Å². The van der Waals surface area contributed by atoms with E-state index in [1.54, 1.807) is 7.11 Å². The lowest BCUT2D eigenvalue weighted by molar-refractivity contribution is 0.0921. The minimum absolute atomic E-state index is 0.0470. The van der Waals surface area contributed by atoms with Gasteiger partial charge in [0.05, 0.1) is 12.8 Å². The third-order valence-electron chi connectivity index (χ3n) is 5.59. The predicted molar refractivity (Wildman–Crippen MR) is 91.9 cm³/mol. The van der Waals surface area contributed by atoms with Crippen molar-refractivity contribution in [3.63, 3.8) is 0 Å². The number of carbonyl (C=O) groups excluding carboxylic acids is 1. The summed E-state index contributed by atoms with van der Waals surface area (Å²) in [5.41, 5.74) is 2.21. The highest BCUT2D eigenvalue weighted by molar-refractivity contribution is 5.93. The van der Waals surface area contributed by atoms with Gasteiger partial charge in [-0.25, -0.2) is 0 Å². The summed E-state index contributed by atoms with van der Waals surface area (Å²) in [6.07, 6.45) is 6.27. The normalized spacial score (nSPS) is 25.5. The summed E-state index contributed by atoms with van der Waals surface area (Å²) >= 11 is 0. The highest BCUT2D eigenvalue weighted by Crippen LogP contribution is 2.44. The Morgan fingerprint density at radius 2 is 2.17 bits per heavy atom. The number of amides is 1. The van der Waals surface area contributed by atoms with E-state index >= 15 is 0 Å². The molecule has 0 unspecified atom stereocenters. The molecule has 0 spiro atoms. The van der Waals surface area contributed by atoms with Crippen molar-refractivity contribution < 1.29 is 9.53 Å². The largest absolute Gasteiger partial charge is 0.497 e. The third-order valence-corrected chi connectivity index (χ3v) is 5.59. The number of aromatic nitrogens is 2. The van der Waals surface area contributed by atoms with Gasteiger partial charge in [-0.2, -0.15) is 5.10 Å². The molecule has 126 valence electrons. The number of nitrogens with one attached hydrogen (secondary N) is 2. The van der Waals surface area contributed by atoms with E-state index in [0.29, 0.717) is 17.7 Å². The molecule has 0 bridgehead atoms. The van der Waals surface area contributed by atoms with Gasteiger partial charge in [0.25, 0.3) is 5.91 Å². The summed E-state index contributed by atoms with van der Waals surface area (Å²) in [6, 6.07) is 9.82. The van der Waals surface area contributed by atoms with Gasteiger partial charge < -0.3 is 10.1 Å². The Balaban J connectivity index is 1.47. The molecule has 5 heteroatoms. The van der Waals surface area contributed by atoms with Crippen LogP contribution in [0.5, 0.6) is 5.75 Å². The van der Waals surface area contributed by atoms with Crippen LogP contribution >= 0.6 is 0 Å². The van der Waals surface area contributed by atoms with Crippen molar-refractivity contribution in [1.82, 2.24) is 15.5 Å². The minimum atomic E-state index is -0.0470. The van der Waals surface area contributed by atoms with Gasteiger partial charge in [0.15, 0.2) is 0 Å². The van der Waals surface area contributed by atoms with Crippen LogP contribution in [-0.4, -0.2) is 29.3 Å². The molecule has 3 atom stereocenters. The lowest BCUT2D eigenvalue weighted by Crippen LogP contribution is -2.37. The van der Waals surface area contributed by atoms with Gasteiger partial charge in [0.2, 0.25) is 0 Å². The summed E-state index contributed by atoms with van der Waals surface area (Å²) < 4.78 is 5.24. The molecule has 2 N–H and O–H groups in total. The molecular formula is C19H23N3O2. The van der Waals surface area contributed by atoms with Crippen molar-refractivity contribution in [3.05, 3.63) is 36.0 Å². The monoisotopic (exact) mass is 325 g/mol. The Kier molecular flexibility index (Phi) is 4.00. The maximum absolute atomic E-state index is 12.5. The van der Waals surface area contributed by atoms with E-state index in [-0.39, 0.29) is 5.91 Å². The van der Waals surface area contributed by atoms with Crippen LogP contribution in [0.25, 0.3) is 11.3 Å². The minimum Gasteiger partial charge on any atom is -0.497 e. The molecule has 24 heavy (non-hydrogen) atoms. The third kappa shape index (κ3) is 2.79. The van der Waals surface area contributed by atoms with E-state index in [1.807, 2.05) is 30.3 Å². The first kappa shape index (κ1) is 15.2. The van der Waals surface area contributed by atoms with E-state index in [2.05, 4.69) is 15.5 Å². The molecule has 1 heterocycles. The zero-order chi connectivity index (χ0) is 16.5. The van der Waals surface area contributed by atoms with Crippen LogP contribution in [0.4, 0.5) is 0 Å². The second kappa shape index (κ2) is 6.30. The van der Waals surface area contributed by atoms with Crippen molar-refractivity contribution in [1.29, 1.82) is 0 Å². The average Bonchev–Trinajstić information content (AvgIpc) is 3.33. The lowest BCUT2D eigenvalue weighted by Gasteiger charge is -2.19. The highest BCUT2D eigenvalue weighted by atomic mass is 16.5. The van der Waals surface area contributed by atoms with Gasteiger partial charge in [0.1, 0.15) is 11.4 Å². The molecule has 0 aliphatic heterocycles. The zero-order valence-electron chi connectivity index (χ0n) is 13.9. The first-order chi connectivity index (χ1) is 11.7. The summed E-state index contributed by atoms with van der Waals surface area (Å²) in [4.78, 5) is 12.5. The van der Waals surface area contributed by atoms with E-state index < -0.39 is 0 Å². The Morgan fingerprint density at radius 3 is 3.04 bits per heavy atom. The molecule has 1 aromatic carbocycles. The van der Waals surface area contributed by atoms with Crippen molar-refractivity contribution >= 4 is 5.91 Å². The molecule has 5 nitrogen and oxygen atoms in total. The molecular weight excluding hydrogens is 302 g/mol. The fraction of sp³-hybridized carbons (Fsp3) is 0.474. The van der Waals surface area contributed by atoms with Crippen molar-refractivity contribution in [2.45, 2.75) is 38.1 Å². The maximum atomic E-state index is 12.5. The number of ether oxygens (including phenoxy) is 1. The Hall–Kier alpha value is -2.30. The number of rotatable bonds is 4. The van der Waals surface area contributed by atoms with Crippen LogP contribution in [0.1, 0.15) is 42.6 Å². The van der Waals surface area contributed by atoms with Crippen LogP contribution in [0.3, 0.4) is 0 Å². The summed E-state index contributed by atoms with van der Waals surface area (Å²) in [6.45, 7) is 0. The summed E-state index contributed by atoms with van der Waals surface area (Å²) in [5.74, 6) is 2.23. The van der Waals surface area contributed by atoms with Gasteiger partial charge in [-0.1, -0.05) is 25.0 Å². The fourth-order valence-electron chi connectivity index (χ4n) is 4.36. The number of methoxy groups -OCH3 is 1. The molecule has 0 saturated heterocycles. The van der Waals surface area contributed by atoms with Crippen LogP contribution in [0.15, 0.2) is 30.3 Å². The predicted octanol–water partition coefficient (Wildman–Crippen LogP) is 3.39. The van der Waals surface area contributed by atoms with E-state index in [9.17, 15) is 4.79 Å². The SMILES string of the molecule is COc1cccc(-c2cc(C(=O)N[C@H]3CC[C@@H]4CCC[C@@H]43)[nH]n2)c1. The first-order valence-electron chi connectivity index (χ1n) is 8.75. The number of H-pyrrole nitrogens is 1. The number of nitrogens with zero attached hydrogens (tertiary/aromatic N) is 1. The topological polar surface area (TPSA) is 67.0 Å². The van der Waals surface area contributed by atoms with Crippen molar-refractivity contribution in [2.24, 2.45) is 11.8 Å². The number of carbonyl (C=O) groups is 1. The molecule has 1 amide bonds. The van der Waals surface area contributed by atoms with Gasteiger partial charge in [-0.3, -0.25) is 9.89 Å². The number of fused-ring (bicyclic) bond motifs is 1. The van der Waals surface area contributed by atoms with Crippen LogP contribution < -0.4 is 10.1 Å². The number of benzene rings is 1. The highest BCUT2D eigenvalue weighted by Gasteiger charge is 2.39. The Bertz CT molecular complexity index is 740.